The van der Waals surface area contributed by atoms with E-state index in [-0.39, 0.29) is 11.2 Å². The molecule has 0 saturated heterocycles. The minimum absolute atomic E-state index is 0.135. The van der Waals surface area contributed by atoms with Crippen molar-refractivity contribution in [3.8, 4) is 5.75 Å². The molecule has 0 spiro atoms. The first-order chi connectivity index (χ1) is 7.38. The van der Waals surface area contributed by atoms with Crippen LogP contribution in [-0.2, 0) is 6.42 Å². The summed E-state index contributed by atoms with van der Waals surface area (Å²) in [4.78, 5) is 4.30. The van der Waals surface area contributed by atoms with Crippen molar-refractivity contribution in [1.82, 2.24) is 9.38 Å². The van der Waals surface area contributed by atoms with Gasteiger partial charge in [-0.25, -0.2) is 4.98 Å². The number of rotatable bonds is 1. The summed E-state index contributed by atoms with van der Waals surface area (Å²) in [6, 6.07) is 3.40. The highest BCUT2D eigenvalue weighted by molar-refractivity contribution is 6.33. The van der Waals surface area contributed by atoms with Gasteiger partial charge in [0.05, 0.1) is 0 Å². The number of pyridine rings is 1. The lowest BCUT2D eigenvalue weighted by Crippen LogP contribution is -2.11. The summed E-state index contributed by atoms with van der Waals surface area (Å²) in [7, 11) is 0. The van der Waals surface area contributed by atoms with Crippen LogP contribution in [0.15, 0.2) is 18.3 Å². The second-order valence-corrected chi connectivity index (χ2v) is 5.53. The minimum atomic E-state index is 0.135. The maximum atomic E-state index is 9.72. The Morgan fingerprint density at radius 2 is 2.12 bits per heavy atom. The molecule has 2 rings (SSSR count). The number of hydrogen-bond acceptors (Lipinski definition) is 2. The highest BCUT2D eigenvalue weighted by Gasteiger charge is 2.18. The van der Waals surface area contributed by atoms with Crippen LogP contribution in [0.1, 0.15) is 26.6 Å². The number of hydrogen-bond donors (Lipinski definition) is 1. The van der Waals surface area contributed by atoms with Crippen LogP contribution < -0.4 is 0 Å². The number of imidazole rings is 1. The van der Waals surface area contributed by atoms with Crippen LogP contribution in [0.5, 0.6) is 5.75 Å². The summed E-state index contributed by atoms with van der Waals surface area (Å²) in [5.41, 5.74) is 0.721. The Morgan fingerprint density at radius 3 is 2.75 bits per heavy atom. The Kier molecular flexibility index (Phi) is 2.58. The molecule has 16 heavy (non-hydrogen) atoms. The molecule has 0 saturated carbocycles. The third kappa shape index (κ3) is 2.00. The van der Waals surface area contributed by atoms with E-state index >= 15 is 0 Å². The molecule has 3 nitrogen and oxygen atoms in total. The number of halogens is 1. The van der Waals surface area contributed by atoms with Crippen molar-refractivity contribution in [2.45, 2.75) is 27.2 Å². The van der Waals surface area contributed by atoms with Crippen LogP contribution in [0.25, 0.3) is 5.52 Å². The first kappa shape index (κ1) is 11.3. The van der Waals surface area contributed by atoms with Crippen molar-refractivity contribution in [2.75, 3.05) is 0 Å². The van der Waals surface area contributed by atoms with E-state index < -0.39 is 0 Å². The second-order valence-electron chi connectivity index (χ2n) is 5.17. The van der Waals surface area contributed by atoms with Gasteiger partial charge in [0, 0.05) is 12.6 Å². The lowest BCUT2D eigenvalue weighted by molar-refractivity contribution is 0.399. The zero-order valence-corrected chi connectivity index (χ0v) is 10.4. The van der Waals surface area contributed by atoms with Gasteiger partial charge in [0.1, 0.15) is 17.1 Å². The molecule has 0 aliphatic rings. The molecule has 2 aromatic rings. The largest absolute Gasteiger partial charge is 0.506 e. The van der Waals surface area contributed by atoms with Crippen LogP contribution in [0.4, 0.5) is 0 Å². The summed E-state index contributed by atoms with van der Waals surface area (Å²) >= 11 is 6.02. The molecule has 2 aromatic heterocycles. The number of aromatic hydroxyl groups is 1. The van der Waals surface area contributed by atoms with E-state index in [2.05, 4.69) is 25.8 Å². The fraction of sp³-hybridized carbons (Fsp3) is 0.417. The molecule has 0 aromatic carbocycles. The Hall–Kier alpha value is -1.22. The molecule has 86 valence electrons. The molecule has 0 bridgehead atoms. The maximum absolute atomic E-state index is 9.72. The first-order valence-electron chi connectivity index (χ1n) is 5.23. The smallest absolute Gasteiger partial charge is 0.158 e. The van der Waals surface area contributed by atoms with Crippen molar-refractivity contribution in [2.24, 2.45) is 5.41 Å². The second kappa shape index (κ2) is 3.67. The summed E-state index contributed by atoms with van der Waals surface area (Å²) in [5, 5.41) is 10.1. The standard InChI is InChI=1S/C12H15ClN2O/c1-12(2,3)7-9-14-11(13)10-8(16)5-4-6-15(9)10/h4-6,16H,7H2,1-3H3. The normalized spacial score (nSPS) is 12.2. The molecule has 0 atom stereocenters. The van der Waals surface area contributed by atoms with Gasteiger partial charge in [-0.2, -0.15) is 0 Å². The molecular weight excluding hydrogens is 224 g/mol. The van der Waals surface area contributed by atoms with Gasteiger partial charge in [-0.3, -0.25) is 4.40 Å². The molecule has 4 heteroatoms. The minimum Gasteiger partial charge on any atom is -0.506 e. The predicted molar refractivity (Wildman–Crippen MR) is 65.0 cm³/mol. The van der Waals surface area contributed by atoms with E-state index in [1.807, 2.05) is 10.6 Å². The highest BCUT2D eigenvalue weighted by Crippen LogP contribution is 2.29. The summed E-state index contributed by atoms with van der Waals surface area (Å²) in [6.07, 6.45) is 2.68. The lowest BCUT2D eigenvalue weighted by atomic mass is 9.92. The lowest BCUT2D eigenvalue weighted by Gasteiger charge is -2.16. The summed E-state index contributed by atoms with van der Waals surface area (Å²) in [5.74, 6) is 1.04. The van der Waals surface area contributed by atoms with Crippen molar-refractivity contribution < 1.29 is 5.11 Å². The Morgan fingerprint density at radius 1 is 1.44 bits per heavy atom. The van der Waals surface area contributed by atoms with E-state index in [9.17, 15) is 5.11 Å². The summed E-state index contributed by atoms with van der Waals surface area (Å²) < 4.78 is 1.85. The monoisotopic (exact) mass is 238 g/mol. The van der Waals surface area contributed by atoms with Crippen molar-refractivity contribution in [3.63, 3.8) is 0 Å². The van der Waals surface area contributed by atoms with Crippen molar-refractivity contribution in [1.29, 1.82) is 0 Å². The quantitative estimate of drug-likeness (QED) is 0.828. The molecule has 0 aliphatic carbocycles. The first-order valence-corrected chi connectivity index (χ1v) is 5.61. The zero-order chi connectivity index (χ0) is 11.9. The van der Waals surface area contributed by atoms with Crippen molar-refractivity contribution >= 4 is 17.1 Å². The van der Waals surface area contributed by atoms with Gasteiger partial charge in [-0.15, -0.1) is 0 Å². The Labute approximate surface area is 99.7 Å². The van der Waals surface area contributed by atoms with Gasteiger partial charge >= 0.3 is 0 Å². The van der Waals surface area contributed by atoms with Crippen LogP contribution in [0.3, 0.4) is 0 Å². The Balaban J connectivity index is 2.60. The van der Waals surface area contributed by atoms with Gasteiger partial charge < -0.3 is 5.11 Å². The van der Waals surface area contributed by atoms with Crippen LogP contribution in [0.2, 0.25) is 5.15 Å². The zero-order valence-electron chi connectivity index (χ0n) is 9.66. The van der Waals surface area contributed by atoms with Crippen LogP contribution >= 0.6 is 11.6 Å². The number of nitrogens with zero attached hydrogens (tertiary/aromatic N) is 2. The van der Waals surface area contributed by atoms with Gasteiger partial charge in [-0.1, -0.05) is 32.4 Å². The summed E-state index contributed by atoms with van der Waals surface area (Å²) in [6.45, 7) is 6.43. The fourth-order valence-corrected chi connectivity index (χ4v) is 2.02. The maximum Gasteiger partial charge on any atom is 0.158 e. The molecule has 0 amide bonds. The van der Waals surface area contributed by atoms with E-state index in [0.717, 1.165) is 12.2 Å². The van der Waals surface area contributed by atoms with Gasteiger partial charge in [0.15, 0.2) is 5.15 Å². The molecule has 0 fully saturated rings. The molecule has 1 N–H and O–H groups in total. The van der Waals surface area contributed by atoms with Gasteiger partial charge in [0.25, 0.3) is 0 Å². The van der Waals surface area contributed by atoms with Crippen LogP contribution in [0, 0.1) is 5.41 Å². The molecule has 0 aliphatic heterocycles. The van der Waals surface area contributed by atoms with Gasteiger partial charge in [0.2, 0.25) is 0 Å². The Bertz CT molecular complexity index is 526. The van der Waals surface area contributed by atoms with E-state index in [4.69, 9.17) is 11.6 Å². The van der Waals surface area contributed by atoms with Crippen LogP contribution in [-0.4, -0.2) is 14.5 Å². The van der Waals surface area contributed by atoms with E-state index in [0.29, 0.717) is 10.7 Å². The molecule has 0 unspecified atom stereocenters. The average molecular weight is 239 g/mol. The fourth-order valence-electron chi connectivity index (χ4n) is 1.74. The van der Waals surface area contributed by atoms with Crippen molar-refractivity contribution in [3.05, 3.63) is 29.3 Å². The van der Waals surface area contributed by atoms with E-state index in [1.54, 1.807) is 12.1 Å². The van der Waals surface area contributed by atoms with E-state index in [1.165, 1.54) is 0 Å². The molecule has 0 radical (unpaired) electrons. The third-order valence-electron chi connectivity index (χ3n) is 2.36. The molecule has 2 heterocycles. The number of fused-ring (bicyclic) bond motifs is 1. The number of aromatic nitrogens is 2. The molecular formula is C12H15ClN2O. The van der Waals surface area contributed by atoms with Gasteiger partial charge in [-0.05, 0) is 17.5 Å². The predicted octanol–water partition coefficient (Wildman–Crippen LogP) is 3.28. The average Bonchev–Trinajstić information content (AvgIpc) is 2.42. The highest BCUT2D eigenvalue weighted by atomic mass is 35.5. The topological polar surface area (TPSA) is 37.5 Å². The third-order valence-corrected chi connectivity index (χ3v) is 2.63. The SMILES string of the molecule is CC(C)(C)Cc1nc(Cl)c2c(O)cccn12.